The average Bonchev–Trinajstić information content (AvgIpc) is 2.29. The van der Waals surface area contributed by atoms with E-state index in [0.29, 0.717) is 22.3 Å². The molecule has 0 aliphatic carbocycles. The molecule has 18 heavy (non-hydrogen) atoms. The maximum atomic E-state index is 11.5. The summed E-state index contributed by atoms with van der Waals surface area (Å²) in [5.74, 6) is 0. The summed E-state index contributed by atoms with van der Waals surface area (Å²) in [6.45, 7) is 1.57. The lowest BCUT2D eigenvalue weighted by molar-refractivity contribution is 0.251. The first kappa shape index (κ1) is 15.1. The van der Waals surface area contributed by atoms with Crippen molar-refractivity contribution in [2.75, 3.05) is 32.5 Å². The second-order valence-corrected chi connectivity index (χ2v) is 4.98. The number of carbonyl (C=O) groups excluding carboxylic acids is 1. The molecule has 0 aliphatic rings. The summed E-state index contributed by atoms with van der Waals surface area (Å²) < 4.78 is 0. The van der Waals surface area contributed by atoms with Gasteiger partial charge in [0.05, 0.1) is 10.0 Å². The number of carbonyl (C=O) groups is 1. The molecule has 0 fully saturated rings. The molecule has 1 aromatic rings. The number of nitrogens with one attached hydrogen (secondary N) is 2. The largest absolute Gasteiger partial charge is 0.338 e. The van der Waals surface area contributed by atoms with Gasteiger partial charge in [-0.1, -0.05) is 23.2 Å². The molecule has 6 heteroatoms. The van der Waals surface area contributed by atoms with Crippen LogP contribution in [-0.4, -0.2) is 38.1 Å². The highest BCUT2D eigenvalue weighted by molar-refractivity contribution is 6.42. The third-order valence-electron chi connectivity index (χ3n) is 2.25. The number of hydrogen-bond donors (Lipinski definition) is 2. The number of rotatable bonds is 5. The number of halogens is 2. The molecule has 2 amide bonds. The normalized spacial score (nSPS) is 10.5. The molecule has 0 atom stereocenters. The number of benzene rings is 1. The van der Waals surface area contributed by atoms with E-state index in [0.717, 1.165) is 13.0 Å². The van der Waals surface area contributed by atoms with Crippen molar-refractivity contribution < 1.29 is 4.79 Å². The molecule has 0 bridgehead atoms. The molecule has 0 radical (unpaired) electrons. The molecule has 1 rings (SSSR count). The van der Waals surface area contributed by atoms with E-state index in [2.05, 4.69) is 15.5 Å². The number of hydrogen-bond acceptors (Lipinski definition) is 2. The van der Waals surface area contributed by atoms with Gasteiger partial charge in [0.2, 0.25) is 0 Å². The van der Waals surface area contributed by atoms with Crippen molar-refractivity contribution in [3.8, 4) is 0 Å². The lowest BCUT2D eigenvalue weighted by atomic mass is 10.3. The molecule has 100 valence electrons. The molecule has 0 aliphatic heterocycles. The van der Waals surface area contributed by atoms with Gasteiger partial charge in [0.15, 0.2) is 0 Å². The predicted molar refractivity (Wildman–Crippen MR) is 76.7 cm³/mol. The Morgan fingerprint density at radius 3 is 2.61 bits per heavy atom. The Labute approximate surface area is 117 Å². The average molecular weight is 290 g/mol. The fourth-order valence-electron chi connectivity index (χ4n) is 1.35. The zero-order chi connectivity index (χ0) is 13.5. The minimum Gasteiger partial charge on any atom is -0.338 e. The quantitative estimate of drug-likeness (QED) is 0.819. The molecule has 2 N–H and O–H groups in total. The number of anilines is 1. The zero-order valence-electron chi connectivity index (χ0n) is 10.5. The second kappa shape index (κ2) is 7.46. The van der Waals surface area contributed by atoms with Crippen LogP contribution in [-0.2, 0) is 0 Å². The Balaban J connectivity index is 2.33. The van der Waals surface area contributed by atoms with E-state index in [1.165, 1.54) is 0 Å². The summed E-state index contributed by atoms with van der Waals surface area (Å²) in [6.07, 6.45) is 0.905. The Kier molecular flexibility index (Phi) is 6.25. The number of nitrogens with zero attached hydrogens (tertiary/aromatic N) is 1. The second-order valence-electron chi connectivity index (χ2n) is 4.17. The van der Waals surface area contributed by atoms with Gasteiger partial charge >= 0.3 is 6.03 Å². The molecular formula is C12H17Cl2N3O. The third-order valence-corrected chi connectivity index (χ3v) is 2.98. The smallest absolute Gasteiger partial charge is 0.319 e. The standard InChI is InChI=1S/C12H17Cl2N3O/c1-17(2)7-3-6-15-12(18)16-9-4-5-10(13)11(14)8-9/h4-5,8H,3,6-7H2,1-2H3,(H2,15,16,18). The van der Waals surface area contributed by atoms with Crippen LogP contribution in [0.2, 0.25) is 10.0 Å². The number of amides is 2. The van der Waals surface area contributed by atoms with Crippen molar-refractivity contribution in [3.63, 3.8) is 0 Å². The van der Waals surface area contributed by atoms with Crippen molar-refractivity contribution >= 4 is 34.9 Å². The maximum Gasteiger partial charge on any atom is 0.319 e. The Hall–Kier alpha value is -0.970. The fraction of sp³-hybridized carbons (Fsp3) is 0.417. The van der Waals surface area contributed by atoms with E-state index in [9.17, 15) is 4.79 Å². The van der Waals surface area contributed by atoms with Crippen LogP contribution >= 0.6 is 23.2 Å². The van der Waals surface area contributed by atoms with Gasteiger partial charge in [0.1, 0.15) is 0 Å². The number of urea groups is 1. The fourth-order valence-corrected chi connectivity index (χ4v) is 1.64. The lowest BCUT2D eigenvalue weighted by Crippen LogP contribution is -2.31. The Morgan fingerprint density at radius 1 is 1.28 bits per heavy atom. The summed E-state index contributed by atoms with van der Waals surface area (Å²) >= 11 is 11.6. The molecule has 0 unspecified atom stereocenters. The van der Waals surface area contributed by atoms with E-state index < -0.39 is 0 Å². The van der Waals surface area contributed by atoms with Gasteiger partial charge in [-0.2, -0.15) is 0 Å². The monoisotopic (exact) mass is 289 g/mol. The van der Waals surface area contributed by atoms with Crippen LogP contribution in [0.25, 0.3) is 0 Å². The van der Waals surface area contributed by atoms with Crippen LogP contribution < -0.4 is 10.6 Å². The topological polar surface area (TPSA) is 44.4 Å². The van der Waals surface area contributed by atoms with Crippen molar-refractivity contribution in [2.45, 2.75) is 6.42 Å². The molecule has 4 nitrogen and oxygen atoms in total. The first-order chi connectivity index (χ1) is 8.49. The van der Waals surface area contributed by atoms with Gasteiger partial charge in [-0.05, 0) is 45.3 Å². The summed E-state index contributed by atoms with van der Waals surface area (Å²) in [4.78, 5) is 13.6. The van der Waals surface area contributed by atoms with Crippen LogP contribution in [0.15, 0.2) is 18.2 Å². The van der Waals surface area contributed by atoms with Gasteiger partial charge in [0, 0.05) is 12.2 Å². The summed E-state index contributed by atoms with van der Waals surface area (Å²) in [6, 6.07) is 4.72. The predicted octanol–water partition coefficient (Wildman–Crippen LogP) is 3.07. The maximum absolute atomic E-state index is 11.5. The van der Waals surface area contributed by atoms with Crippen LogP contribution in [0.5, 0.6) is 0 Å². The highest BCUT2D eigenvalue weighted by Gasteiger charge is 2.03. The highest BCUT2D eigenvalue weighted by atomic mass is 35.5. The molecular weight excluding hydrogens is 273 g/mol. The van der Waals surface area contributed by atoms with E-state index in [1.54, 1.807) is 18.2 Å². The van der Waals surface area contributed by atoms with Crippen LogP contribution in [0.4, 0.5) is 10.5 Å². The zero-order valence-corrected chi connectivity index (χ0v) is 12.0. The lowest BCUT2D eigenvalue weighted by Gasteiger charge is -2.11. The van der Waals surface area contributed by atoms with Crippen LogP contribution in [0, 0.1) is 0 Å². The Morgan fingerprint density at radius 2 is 2.00 bits per heavy atom. The third kappa shape index (κ3) is 5.58. The van der Waals surface area contributed by atoms with E-state index >= 15 is 0 Å². The van der Waals surface area contributed by atoms with Gasteiger partial charge in [-0.25, -0.2) is 4.79 Å². The van der Waals surface area contributed by atoms with Crippen LogP contribution in [0.1, 0.15) is 6.42 Å². The minimum atomic E-state index is -0.243. The van der Waals surface area contributed by atoms with E-state index in [-0.39, 0.29) is 6.03 Å². The molecule has 1 aromatic carbocycles. The first-order valence-corrected chi connectivity index (χ1v) is 6.39. The summed E-state index contributed by atoms with van der Waals surface area (Å²) in [5.41, 5.74) is 0.620. The molecule has 0 heterocycles. The van der Waals surface area contributed by atoms with Crippen molar-refractivity contribution in [1.29, 1.82) is 0 Å². The molecule has 0 saturated heterocycles. The van der Waals surface area contributed by atoms with Gasteiger partial charge < -0.3 is 15.5 Å². The molecule has 0 saturated carbocycles. The SMILES string of the molecule is CN(C)CCCNC(=O)Nc1ccc(Cl)c(Cl)c1. The van der Waals surface area contributed by atoms with Gasteiger partial charge in [0.25, 0.3) is 0 Å². The van der Waals surface area contributed by atoms with Gasteiger partial charge in [-0.15, -0.1) is 0 Å². The summed E-state index contributed by atoms with van der Waals surface area (Å²) in [5, 5.41) is 6.34. The van der Waals surface area contributed by atoms with Crippen molar-refractivity contribution in [1.82, 2.24) is 10.2 Å². The molecule has 0 spiro atoms. The van der Waals surface area contributed by atoms with E-state index in [4.69, 9.17) is 23.2 Å². The minimum absolute atomic E-state index is 0.243. The first-order valence-electron chi connectivity index (χ1n) is 5.63. The molecule has 0 aromatic heterocycles. The Bertz CT molecular complexity index is 410. The summed E-state index contributed by atoms with van der Waals surface area (Å²) in [7, 11) is 3.99. The highest BCUT2D eigenvalue weighted by Crippen LogP contribution is 2.24. The van der Waals surface area contributed by atoms with E-state index in [1.807, 2.05) is 14.1 Å². The van der Waals surface area contributed by atoms with Crippen molar-refractivity contribution in [3.05, 3.63) is 28.2 Å². The van der Waals surface area contributed by atoms with Crippen LogP contribution in [0.3, 0.4) is 0 Å². The van der Waals surface area contributed by atoms with Crippen molar-refractivity contribution in [2.24, 2.45) is 0 Å². The van der Waals surface area contributed by atoms with Gasteiger partial charge in [-0.3, -0.25) is 0 Å².